The van der Waals surface area contributed by atoms with Crippen LogP contribution in [-0.4, -0.2) is 35.5 Å². The van der Waals surface area contributed by atoms with E-state index in [9.17, 15) is 14.0 Å². The zero-order valence-corrected chi connectivity index (χ0v) is 11.1. The Kier molecular flexibility index (Phi) is 5.48. The normalized spacial score (nSPS) is 11.9. The molecule has 5 heteroatoms. The summed E-state index contributed by atoms with van der Waals surface area (Å²) in [4.78, 5) is 23.9. The van der Waals surface area contributed by atoms with Crippen molar-refractivity contribution in [2.45, 2.75) is 19.8 Å². The van der Waals surface area contributed by atoms with Crippen molar-refractivity contribution in [1.29, 1.82) is 0 Å². The lowest BCUT2D eigenvalue weighted by Gasteiger charge is -2.18. The summed E-state index contributed by atoms with van der Waals surface area (Å²) in [5, 5.41) is 8.74. The summed E-state index contributed by atoms with van der Waals surface area (Å²) in [6, 6.07) is 6.11. The fraction of sp³-hybridized carbons (Fsp3) is 0.429. The van der Waals surface area contributed by atoms with Crippen molar-refractivity contribution in [2.75, 3.05) is 13.6 Å². The van der Waals surface area contributed by atoms with Crippen molar-refractivity contribution in [2.24, 2.45) is 5.92 Å². The molecule has 0 spiro atoms. The van der Waals surface area contributed by atoms with E-state index in [2.05, 4.69) is 0 Å². The SMILES string of the molecule is CC(CC(=O)N(C)CCc1ccc(F)cc1)C(=O)O. The van der Waals surface area contributed by atoms with Gasteiger partial charge in [0.1, 0.15) is 5.82 Å². The standard InChI is InChI=1S/C14H18FNO3/c1-10(14(18)19)9-13(17)16(2)8-7-11-3-5-12(15)6-4-11/h3-6,10H,7-9H2,1-2H3,(H,18,19). The second kappa shape index (κ2) is 6.87. The first-order valence-electron chi connectivity index (χ1n) is 6.11. The van der Waals surface area contributed by atoms with Gasteiger partial charge in [0.25, 0.3) is 0 Å². The Morgan fingerprint density at radius 1 is 1.32 bits per heavy atom. The summed E-state index contributed by atoms with van der Waals surface area (Å²) in [6.45, 7) is 1.99. The Bertz CT molecular complexity index is 445. The van der Waals surface area contributed by atoms with E-state index in [0.717, 1.165) is 5.56 Å². The number of hydrogen-bond donors (Lipinski definition) is 1. The number of carboxylic acid groups (broad SMARTS) is 1. The number of aliphatic carboxylic acids is 1. The van der Waals surface area contributed by atoms with Gasteiger partial charge >= 0.3 is 5.97 Å². The maximum Gasteiger partial charge on any atom is 0.306 e. The summed E-state index contributed by atoms with van der Waals surface area (Å²) in [5.41, 5.74) is 0.937. The molecule has 1 unspecified atom stereocenters. The largest absolute Gasteiger partial charge is 0.481 e. The number of benzene rings is 1. The van der Waals surface area contributed by atoms with Gasteiger partial charge < -0.3 is 10.0 Å². The molecular weight excluding hydrogens is 249 g/mol. The lowest BCUT2D eigenvalue weighted by atomic mass is 10.1. The van der Waals surface area contributed by atoms with E-state index in [1.807, 2.05) is 0 Å². The highest BCUT2D eigenvalue weighted by Gasteiger charge is 2.18. The molecule has 1 N–H and O–H groups in total. The molecule has 1 atom stereocenters. The third-order valence-electron chi connectivity index (χ3n) is 2.98. The van der Waals surface area contributed by atoms with Gasteiger partial charge in [-0.05, 0) is 24.1 Å². The molecule has 104 valence electrons. The Morgan fingerprint density at radius 3 is 2.42 bits per heavy atom. The molecule has 0 fully saturated rings. The molecule has 1 aromatic carbocycles. The number of rotatable bonds is 6. The lowest BCUT2D eigenvalue weighted by molar-refractivity contribution is -0.144. The van der Waals surface area contributed by atoms with E-state index in [1.165, 1.54) is 24.0 Å². The molecule has 0 saturated carbocycles. The average Bonchev–Trinajstić information content (AvgIpc) is 2.37. The minimum atomic E-state index is -0.972. The first-order valence-corrected chi connectivity index (χ1v) is 6.11. The van der Waals surface area contributed by atoms with Crippen LogP contribution >= 0.6 is 0 Å². The van der Waals surface area contributed by atoms with Crippen LogP contribution in [0.4, 0.5) is 4.39 Å². The van der Waals surface area contributed by atoms with Gasteiger partial charge in [-0.3, -0.25) is 9.59 Å². The number of carboxylic acids is 1. The Labute approximate surface area is 111 Å². The fourth-order valence-corrected chi connectivity index (χ4v) is 1.58. The van der Waals surface area contributed by atoms with E-state index in [1.54, 1.807) is 19.2 Å². The van der Waals surface area contributed by atoms with Crippen molar-refractivity contribution in [3.8, 4) is 0 Å². The molecule has 0 aliphatic heterocycles. The van der Waals surface area contributed by atoms with Gasteiger partial charge in [-0.2, -0.15) is 0 Å². The topological polar surface area (TPSA) is 57.6 Å². The molecule has 4 nitrogen and oxygen atoms in total. The highest BCUT2D eigenvalue weighted by Crippen LogP contribution is 2.07. The lowest BCUT2D eigenvalue weighted by Crippen LogP contribution is -2.31. The van der Waals surface area contributed by atoms with Gasteiger partial charge in [0.2, 0.25) is 5.91 Å². The van der Waals surface area contributed by atoms with Crippen LogP contribution in [0.3, 0.4) is 0 Å². The van der Waals surface area contributed by atoms with Crippen molar-refractivity contribution in [1.82, 2.24) is 4.90 Å². The van der Waals surface area contributed by atoms with Crippen molar-refractivity contribution in [3.05, 3.63) is 35.6 Å². The van der Waals surface area contributed by atoms with Crippen LogP contribution in [0.25, 0.3) is 0 Å². The van der Waals surface area contributed by atoms with Crippen molar-refractivity contribution >= 4 is 11.9 Å². The number of nitrogens with zero attached hydrogens (tertiary/aromatic N) is 1. The highest BCUT2D eigenvalue weighted by molar-refractivity contribution is 5.81. The number of carbonyl (C=O) groups excluding carboxylic acids is 1. The fourth-order valence-electron chi connectivity index (χ4n) is 1.58. The van der Waals surface area contributed by atoms with Crippen molar-refractivity contribution < 1.29 is 19.1 Å². The minimum Gasteiger partial charge on any atom is -0.481 e. The maximum absolute atomic E-state index is 12.7. The van der Waals surface area contributed by atoms with Crippen LogP contribution < -0.4 is 0 Å². The van der Waals surface area contributed by atoms with Crippen LogP contribution in [0.5, 0.6) is 0 Å². The molecule has 0 radical (unpaired) electrons. The Balaban J connectivity index is 2.42. The van der Waals surface area contributed by atoms with Gasteiger partial charge in [0, 0.05) is 20.0 Å². The molecule has 1 amide bonds. The van der Waals surface area contributed by atoms with Gasteiger partial charge in [0.05, 0.1) is 5.92 Å². The third kappa shape index (κ3) is 5.07. The summed E-state index contributed by atoms with van der Waals surface area (Å²) < 4.78 is 12.7. The summed E-state index contributed by atoms with van der Waals surface area (Å²) in [5.74, 6) is -2.14. The number of halogens is 1. The van der Waals surface area contributed by atoms with Crippen LogP contribution in [0, 0.1) is 11.7 Å². The molecule has 0 aromatic heterocycles. The first-order chi connectivity index (χ1) is 8.90. The quantitative estimate of drug-likeness (QED) is 0.857. The molecule has 1 aromatic rings. The predicted molar refractivity (Wildman–Crippen MR) is 69.2 cm³/mol. The van der Waals surface area contributed by atoms with Gasteiger partial charge in [-0.25, -0.2) is 4.39 Å². The van der Waals surface area contributed by atoms with E-state index >= 15 is 0 Å². The second-order valence-corrected chi connectivity index (χ2v) is 4.64. The smallest absolute Gasteiger partial charge is 0.306 e. The van der Waals surface area contributed by atoms with Crippen LogP contribution in [0.15, 0.2) is 24.3 Å². The van der Waals surface area contributed by atoms with Gasteiger partial charge in [0.15, 0.2) is 0 Å². The highest BCUT2D eigenvalue weighted by atomic mass is 19.1. The second-order valence-electron chi connectivity index (χ2n) is 4.64. The molecule has 19 heavy (non-hydrogen) atoms. The molecule has 0 saturated heterocycles. The number of carbonyl (C=O) groups is 2. The van der Waals surface area contributed by atoms with E-state index in [4.69, 9.17) is 5.11 Å². The molecule has 0 aliphatic rings. The van der Waals surface area contributed by atoms with Gasteiger partial charge in [-0.15, -0.1) is 0 Å². The van der Waals surface area contributed by atoms with Crippen LogP contribution in [-0.2, 0) is 16.0 Å². The van der Waals surface area contributed by atoms with Crippen LogP contribution in [0.1, 0.15) is 18.9 Å². The Morgan fingerprint density at radius 2 is 1.89 bits per heavy atom. The van der Waals surface area contributed by atoms with Gasteiger partial charge in [-0.1, -0.05) is 19.1 Å². The average molecular weight is 267 g/mol. The van der Waals surface area contributed by atoms with E-state index in [-0.39, 0.29) is 18.1 Å². The molecule has 0 aliphatic carbocycles. The zero-order chi connectivity index (χ0) is 14.4. The number of amides is 1. The minimum absolute atomic E-state index is 0.00471. The maximum atomic E-state index is 12.7. The molecular formula is C14H18FNO3. The number of likely N-dealkylation sites (N-methyl/N-ethyl adjacent to an activating group) is 1. The molecule has 1 rings (SSSR count). The van der Waals surface area contributed by atoms with Crippen LogP contribution in [0.2, 0.25) is 0 Å². The monoisotopic (exact) mass is 267 g/mol. The first kappa shape index (κ1) is 15.1. The zero-order valence-electron chi connectivity index (χ0n) is 11.1. The molecule has 0 heterocycles. The predicted octanol–water partition coefficient (Wildman–Crippen LogP) is 1.94. The number of hydrogen-bond acceptors (Lipinski definition) is 2. The Hall–Kier alpha value is -1.91. The third-order valence-corrected chi connectivity index (χ3v) is 2.98. The summed E-state index contributed by atoms with van der Waals surface area (Å²) in [7, 11) is 1.64. The summed E-state index contributed by atoms with van der Waals surface area (Å²) >= 11 is 0. The molecule has 0 bridgehead atoms. The van der Waals surface area contributed by atoms with Crippen molar-refractivity contribution in [3.63, 3.8) is 0 Å². The summed E-state index contributed by atoms with van der Waals surface area (Å²) in [6.07, 6.45) is 0.610. The van der Waals surface area contributed by atoms with E-state index < -0.39 is 11.9 Å². The van der Waals surface area contributed by atoms with E-state index in [0.29, 0.717) is 13.0 Å².